The van der Waals surface area contributed by atoms with E-state index in [-0.39, 0.29) is 29.5 Å². The minimum Gasteiger partial charge on any atom is -0.339 e. The first-order chi connectivity index (χ1) is 12.5. The van der Waals surface area contributed by atoms with Gasteiger partial charge in [-0.1, -0.05) is 12.2 Å². The molecular formula is C20H21FN2O3. The number of likely N-dealkylation sites (tertiary alicyclic amines) is 1. The highest BCUT2D eigenvalue weighted by Crippen LogP contribution is 2.20. The fraction of sp³-hybridized carbons (Fsp3) is 0.350. The normalized spacial score (nSPS) is 18.6. The van der Waals surface area contributed by atoms with Crippen LogP contribution in [0.3, 0.4) is 0 Å². The monoisotopic (exact) mass is 356 g/mol. The number of piperidine rings is 1. The number of imide groups is 1. The van der Waals surface area contributed by atoms with Crippen molar-refractivity contribution in [2.75, 3.05) is 19.6 Å². The first-order valence-electron chi connectivity index (χ1n) is 8.79. The number of hydrogen-bond acceptors (Lipinski definition) is 3. The summed E-state index contributed by atoms with van der Waals surface area (Å²) < 4.78 is 13.0. The lowest BCUT2D eigenvalue weighted by Crippen LogP contribution is -2.38. The van der Waals surface area contributed by atoms with E-state index in [1.807, 2.05) is 6.08 Å². The zero-order chi connectivity index (χ0) is 18.5. The average molecular weight is 356 g/mol. The molecule has 1 aromatic carbocycles. The first kappa shape index (κ1) is 18.0. The molecule has 1 aromatic rings. The molecule has 6 heteroatoms. The Labute approximate surface area is 151 Å². The predicted molar refractivity (Wildman–Crippen MR) is 94.6 cm³/mol. The van der Waals surface area contributed by atoms with Gasteiger partial charge >= 0.3 is 0 Å². The van der Waals surface area contributed by atoms with Gasteiger partial charge in [-0.3, -0.25) is 19.3 Å². The number of hydrogen-bond donors (Lipinski definition) is 0. The van der Waals surface area contributed by atoms with Crippen molar-refractivity contribution in [3.05, 3.63) is 60.0 Å². The molecule has 1 saturated heterocycles. The molecule has 0 unspecified atom stereocenters. The number of rotatable bonds is 3. The van der Waals surface area contributed by atoms with E-state index < -0.39 is 0 Å². The zero-order valence-corrected chi connectivity index (χ0v) is 14.4. The van der Waals surface area contributed by atoms with Gasteiger partial charge in [-0.05, 0) is 61.6 Å². The van der Waals surface area contributed by atoms with Crippen molar-refractivity contribution in [1.29, 1.82) is 0 Å². The molecule has 0 N–H and O–H groups in total. The maximum absolute atomic E-state index is 13.0. The summed E-state index contributed by atoms with van der Waals surface area (Å²) in [6.45, 7) is 1.60. The van der Waals surface area contributed by atoms with Crippen LogP contribution >= 0.6 is 0 Å². The van der Waals surface area contributed by atoms with E-state index in [1.54, 1.807) is 11.0 Å². The van der Waals surface area contributed by atoms with Gasteiger partial charge in [0.1, 0.15) is 5.82 Å². The molecule has 2 aliphatic rings. The van der Waals surface area contributed by atoms with Crippen LogP contribution < -0.4 is 0 Å². The van der Waals surface area contributed by atoms with Gasteiger partial charge in [-0.15, -0.1) is 0 Å². The molecule has 3 amide bonds. The van der Waals surface area contributed by atoms with Crippen molar-refractivity contribution < 1.29 is 18.8 Å². The van der Waals surface area contributed by atoms with Crippen LogP contribution in [0.4, 0.5) is 4.39 Å². The van der Waals surface area contributed by atoms with Crippen molar-refractivity contribution in [2.24, 2.45) is 5.92 Å². The smallest absolute Gasteiger partial charge is 0.253 e. The van der Waals surface area contributed by atoms with Crippen LogP contribution in [0.15, 0.2) is 48.6 Å². The van der Waals surface area contributed by atoms with Gasteiger partial charge in [0, 0.05) is 25.2 Å². The highest BCUT2D eigenvalue weighted by atomic mass is 19.1. The third-order valence-corrected chi connectivity index (χ3v) is 4.74. The van der Waals surface area contributed by atoms with Gasteiger partial charge in [0.25, 0.3) is 17.7 Å². The Kier molecular flexibility index (Phi) is 5.61. The Morgan fingerprint density at radius 3 is 2.42 bits per heavy atom. The Morgan fingerprint density at radius 2 is 1.77 bits per heavy atom. The Balaban J connectivity index is 1.51. The molecule has 5 nitrogen and oxygen atoms in total. The third kappa shape index (κ3) is 4.25. The van der Waals surface area contributed by atoms with Crippen LogP contribution in [0.25, 0.3) is 0 Å². The number of allylic oxidation sites excluding steroid dienone is 1. The molecule has 3 rings (SSSR count). The van der Waals surface area contributed by atoms with Crippen LogP contribution in [-0.4, -0.2) is 47.2 Å². The van der Waals surface area contributed by atoms with E-state index in [2.05, 4.69) is 0 Å². The SMILES string of the molecule is O=C(c1ccc(F)cc1)N1CCC(/C=C/C(=O)N2CCC=CC2=O)CC1. The van der Waals surface area contributed by atoms with Crippen molar-refractivity contribution in [1.82, 2.24) is 9.80 Å². The number of carbonyl (C=O) groups is 3. The second-order valence-electron chi connectivity index (χ2n) is 6.51. The lowest BCUT2D eigenvalue weighted by molar-refractivity contribution is -0.139. The summed E-state index contributed by atoms with van der Waals surface area (Å²) in [6, 6.07) is 5.55. The van der Waals surface area contributed by atoms with Gasteiger partial charge in [-0.25, -0.2) is 4.39 Å². The molecule has 0 aliphatic carbocycles. The molecule has 0 saturated carbocycles. The molecular weight excluding hydrogens is 335 g/mol. The van der Waals surface area contributed by atoms with Crippen LogP contribution in [-0.2, 0) is 9.59 Å². The highest BCUT2D eigenvalue weighted by Gasteiger charge is 2.23. The summed E-state index contributed by atoms with van der Waals surface area (Å²) >= 11 is 0. The van der Waals surface area contributed by atoms with E-state index in [0.717, 1.165) is 12.8 Å². The molecule has 2 heterocycles. The predicted octanol–water partition coefficient (Wildman–Crippen LogP) is 2.55. The highest BCUT2D eigenvalue weighted by molar-refractivity contribution is 6.05. The van der Waals surface area contributed by atoms with Crippen LogP contribution in [0.5, 0.6) is 0 Å². The average Bonchev–Trinajstić information content (AvgIpc) is 2.67. The fourth-order valence-electron chi connectivity index (χ4n) is 3.19. The largest absolute Gasteiger partial charge is 0.339 e. The van der Waals surface area contributed by atoms with E-state index >= 15 is 0 Å². The standard InChI is InChI=1S/C20H21FN2O3/c21-17-7-5-16(6-8-17)20(26)22-13-10-15(11-14-22)4-9-19(25)23-12-2-1-3-18(23)24/h1,3-9,15H,2,10-14H2/b9-4+. The Hall–Kier alpha value is -2.76. The number of amides is 3. The van der Waals surface area contributed by atoms with E-state index in [4.69, 9.17) is 0 Å². The number of carbonyl (C=O) groups excluding carboxylic acids is 3. The topological polar surface area (TPSA) is 57.7 Å². The number of benzene rings is 1. The lowest BCUT2D eigenvalue weighted by atomic mass is 9.95. The van der Waals surface area contributed by atoms with Crippen molar-refractivity contribution in [3.63, 3.8) is 0 Å². The van der Waals surface area contributed by atoms with Crippen molar-refractivity contribution >= 4 is 17.7 Å². The van der Waals surface area contributed by atoms with E-state index in [0.29, 0.717) is 31.6 Å². The minimum absolute atomic E-state index is 0.103. The number of halogens is 1. The molecule has 1 fully saturated rings. The number of nitrogens with zero attached hydrogens (tertiary/aromatic N) is 2. The Bertz CT molecular complexity index is 747. The molecule has 0 bridgehead atoms. The summed E-state index contributed by atoms with van der Waals surface area (Å²) in [6.07, 6.45) is 8.70. The first-order valence-corrected chi connectivity index (χ1v) is 8.79. The molecule has 0 atom stereocenters. The van der Waals surface area contributed by atoms with Gasteiger partial charge in [-0.2, -0.15) is 0 Å². The second-order valence-corrected chi connectivity index (χ2v) is 6.51. The lowest BCUT2D eigenvalue weighted by Gasteiger charge is -2.31. The van der Waals surface area contributed by atoms with Gasteiger partial charge in [0.2, 0.25) is 0 Å². The maximum atomic E-state index is 13.0. The molecule has 2 aliphatic heterocycles. The fourth-order valence-corrected chi connectivity index (χ4v) is 3.19. The van der Waals surface area contributed by atoms with Gasteiger partial charge in [0.15, 0.2) is 0 Å². The summed E-state index contributed by atoms with van der Waals surface area (Å²) in [4.78, 5) is 39.2. The minimum atomic E-state index is -0.363. The van der Waals surface area contributed by atoms with E-state index in [1.165, 1.54) is 41.3 Å². The molecule has 0 spiro atoms. The molecule has 0 aromatic heterocycles. The summed E-state index contributed by atoms with van der Waals surface area (Å²) in [5, 5.41) is 0. The Morgan fingerprint density at radius 1 is 1.08 bits per heavy atom. The molecule has 136 valence electrons. The zero-order valence-electron chi connectivity index (χ0n) is 14.4. The van der Waals surface area contributed by atoms with Gasteiger partial charge in [0.05, 0.1) is 0 Å². The third-order valence-electron chi connectivity index (χ3n) is 4.74. The van der Waals surface area contributed by atoms with Crippen LogP contribution in [0, 0.1) is 11.7 Å². The summed E-state index contributed by atoms with van der Waals surface area (Å²) in [7, 11) is 0. The van der Waals surface area contributed by atoms with Crippen LogP contribution in [0.1, 0.15) is 29.6 Å². The summed E-state index contributed by atoms with van der Waals surface area (Å²) in [5.41, 5.74) is 0.479. The summed E-state index contributed by atoms with van der Waals surface area (Å²) in [5.74, 6) is -0.826. The van der Waals surface area contributed by atoms with E-state index in [9.17, 15) is 18.8 Å². The van der Waals surface area contributed by atoms with Crippen molar-refractivity contribution in [2.45, 2.75) is 19.3 Å². The quantitative estimate of drug-likeness (QED) is 0.782. The maximum Gasteiger partial charge on any atom is 0.253 e. The molecule has 0 radical (unpaired) electrons. The second kappa shape index (κ2) is 8.08. The van der Waals surface area contributed by atoms with Crippen LogP contribution in [0.2, 0.25) is 0 Å². The van der Waals surface area contributed by atoms with Crippen molar-refractivity contribution in [3.8, 4) is 0 Å². The van der Waals surface area contributed by atoms with Gasteiger partial charge < -0.3 is 4.90 Å². The molecule has 26 heavy (non-hydrogen) atoms.